The summed E-state index contributed by atoms with van der Waals surface area (Å²) in [6.07, 6.45) is 0. The Balaban J connectivity index is 1.83. The van der Waals surface area contributed by atoms with Crippen molar-refractivity contribution in [3.8, 4) is 5.75 Å². The van der Waals surface area contributed by atoms with Crippen LogP contribution in [0.4, 0.5) is 0 Å². The number of nitrogens with zero attached hydrogens (tertiary/aromatic N) is 2. The number of fused-ring (bicyclic) bond motifs is 1. The zero-order valence-electron chi connectivity index (χ0n) is 13.9. The number of halogens is 2. The highest BCUT2D eigenvalue weighted by molar-refractivity contribution is 7.16. The number of carbonyl (C=O) groups is 1. The first kappa shape index (κ1) is 18.9. The molecule has 2 aromatic carbocycles. The smallest absolute Gasteiger partial charge is 0.286 e. The Morgan fingerprint density at radius 1 is 1.23 bits per heavy atom. The minimum atomic E-state index is -0.395. The fraction of sp³-hybridized carbons (Fsp3) is 0.222. The Morgan fingerprint density at radius 2 is 2.04 bits per heavy atom. The van der Waals surface area contributed by atoms with Gasteiger partial charge in [-0.3, -0.25) is 4.79 Å². The predicted molar refractivity (Wildman–Crippen MR) is 104 cm³/mol. The molecule has 0 saturated carbocycles. The van der Waals surface area contributed by atoms with Crippen LogP contribution in [0, 0.1) is 0 Å². The van der Waals surface area contributed by atoms with E-state index in [-0.39, 0.29) is 6.61 Å². The van der Waals surface area contributed by atoms with E-state index in [1.165, 1.54) is 11.3 Å². The van der Waals surface area contributed by atoms with E-state index < -0.39 is 5.91 Å². The molecule has 0 unspecified atom stereocenters. The third-order valence-corrected chi connectivity index (χ3v) is 5.16. The van der Waals surface area contributed by atoms with Gasteiger partial charge in [0, 0.05) is 18.7 Å². The van der Waals surface area contributed by atoms with Crippen LogP contribution in [0.15, 0.2) is 47.5 Å². The van der Waals surface area contributed by atoms with Gasteiger partial charge in [0.25, 0.3) is 5.91 Å². The molecule has 3 rings (SSSR count). The van der Waals surface area contributed by atoms with E-state index in [9.17, 15) is 4.79 Å². The lowest BCUT2D eigenvalue weighted by Crippen LogP contribution is -2.21. The Kier molecular flexibility index (Phi) is 6.32. The summed E-state index contributed by atoms with van der Waals surface area (Å²) in [7, 11) is 1.64. The maximum absolute atomic E-state index is 12.3. The van der Waals surface area contributed by atoms with Crippen LogP contribution in [0.2, 0.25) is 10.0 Å². The number of ether oxygens (including phenoxy) is 2. The van der Waals surface area contributed by atoms with Crippen molar-refractivity contribution < 1.29 is 14.3 Å². The van der Waals surface area contributed by atoms with Gasteiger partial charge in [-0.05, 0) is 30.3 Å². The summed E-state index contributed by atoms with van der Waals surface area (Å²) in [6, 6.07) is 12.7. The first-order valence-corrected chi connectivity index (χ1v) is 9.38. The summed E-state index contributed by atoms with van der Waals surface area (Å²) < 4.78 is 13.6. The first-order chi connectivity index (χ1) is 12.6. The van der Waals surface area contributed by atoms with Gasteiger partial charge in [-0.15, -0.1) is 0 Å². The van der Waals surface area contributed by atoms with Crippen molar-refractivity contribution in [1.82, 2.24) is 4.57 Å². The lowest BCUT2D eigenvalue weighted by atomic mass is 10.3. The van der Waals surface area contributed by atoms with E-state index >= 15 is 0 Å². The Labute approximate surface area is 164 Å². The molecular formula is C18H16Cl2N2O3S. The van der Waals surface area contributed by atoms with E-state index in [1.807, 2.05) is 28.8 Å². The Bertz CT molecular complexity index is 998. The number of carbonyl (C=O) groups excluding carboxylic acids is 1. The van der Waals surface area contributed by atoms with Crippen LogP contribution in [0.3, 0.4) is 0 Å². The standard InChI is InChI=1S/C18H16Cl2N2O3S/c1-24-9-8-22-14-4-2-3-5-16(14)26-18(22)21-17(23)11-25-15-7-6-12(19)10-13(15)20/h2-7,10H,8-9,11H2,1H3. The molecule has 0 N–H and O–H groups in total. The van der Waals surface area contributed by atoms with Crippen LogP contribution in [0.25, 0.3) is 10.2 Å². The number of methoxy groups -OCH3 is 1. The second-order valence-corrected chi connectivity index (χ2v) is 7.22. The molecule has 136 valence electrons. The number of benzene rings is 2. The largest absolute Gasteiger partial charge is 0.482 e. The average molecular weight is 411 g/mol. The van der Waals surface area contributed by atoms with Gasteiger partial charge in [-0.25, -0.2) is 0 Å². The van der Waals surface area contributed by atoms with Gasteiger partial charge >= 0.3 is 0 Å². The molecule has 26 heavy (non-hydrogen) atoms. The average Bonchev–Trinajstić information content (AvgIpc) is 2.96. The topological polar surface area (TPSA) is 52.8 Å². The molecule has 1 amide bonds. The highest BCUT2D eigenvalue weighted by Crippen LogP contribution is 2.27. The summed E-state index contributed by atoms with van der Waals surface area (Å²) in [5, 5.41) is 0.852. The molecule has 0 aliphatic carbocycles. The maximum Gasteiger partial charge on any atom is 0.286 e. The highest BCUT2D eigenvalue weighted by Gasteiger charge is 2.09. The SMILES string of the molecule is COCCn1c(=NC(=O)COc2ccc(Cl)cc2Cl)sc2ccccc21. The molecule has 1 aromatic heterocycles. The van der Waals surface area contributed by atoms with E-state index in [2.05, 4.69) is 4.99 Å². The van der Waals surface area contributed by atoms with Crippen LogP contribution >= 0.6 is 34.5 Å². The van der Waals surface area contributed by atoms with E-state index in [1.54, 1.807) is 25.3 Å². The molecule has 0 saturated heterocycles. The van der Waals surface area contributed by atoms with E-state index in [0.717, 1.165) is 10.2 Å². The molecule has 1 heterocycles. The molecule has 0 aliphatic heterocycles. The fourth-order valence-corrected chi connectivity index (χ4v) is 3.91. The summed E-state index contributed by atoms with van der Waals surface area (Å²) in [6.45, 7) is 0.926. The Morgan fingerprint density at radius 3 is 2.81 bits per heavy atom. The lowest BCUT2D eigenvalue weighted by molar-refractivity contribution is -0.120. The van der Waals surface area contributed by atoms with Crippen molar-refractivity contribution in [1.29, 1.82) is 0 Å². The lowest BCUT2D eigenvalue weighted by Gasteiger charge is -2.06. The third kappa shape index (κ3) is 4.45. The normalized spacial score (nSPS) is 11.9. The number of amides is 1. The zero-order chi connectivity index (χ0) is 18.5. The molecule has 0 bridgehead atoms. The van der Waals surface area contributed by atoms with Crippen molar-refractivity contribution in [3.63, 3.8) is 0 Å². The van der Waals surface area contributed by atoms with Gasteiger partial charge in [0.1, 0.15) is 5.75 Å². The number of para-hydroxylation sites is 1. The second-order valence-electron chi connectivity index (χ2n) is 5.37. The van der Waals surface area contributed by atoms with E-state index in [0.29, 0.717) is 33.7 Å². The van der Waals surface area contributed by atoms with Gasteiger partial charge in [-0.2, -0.15) is 4.99 Å². The van der Waals surface area contributed by atoms with Crippen LogP contribution in [0.1, 0.15) is 0 Å². The van der Waals surface area contributed by atoms with Gasteiger partial charge < -0.3 is 14.0 Å². The van der Waals surface area contributed by atoms with Crippen molar-refractivity contribution in [3.05, 3.63) is 57.3 Å². The molecule has 0 atom stereocenters. The third-order valence-electron chi connectivity index (χ3n) is 3.57. The summed E-state index contributed by atoms with van der Waals surface area (Å²) in [5.41, 5.74) is 1.02. The monoisotopic (exact) mass is 410 g/mol. The van der Waals surface area contributed by atoms with Gasteiger partial charge in [0.15, 0.2) is 11.4 Å². The number of rotatable bonds is 6. The van der Waals surface area contributed by atoms with Gasteiger partial charge in [0.05, 0.1) is 21.8 Å². The molecular weight excluding hydrogens is 395 g/mol. The van der Waals surface area contributed by atoms with Crippen molar-refractivity contribution in [2.75, 3.05) is 20.3 Å². The summed E-state index contributed by atoms with van der Waals surface area (Å²) in [4.78, 5) is 17.1. The summed E-state index contributed by atoms with van der Waals surface area (Å²) >= 11 is 13.3. The number of thiazole rings is 1. The first-order valence-electron chi connectivity index (χ1n) is 7.81. The number of aromatic nitrogens is 1. The number of hydrogen-bond donors (Lipinski definition) is 0. The minimum absolute atomic E-state index is 0.208. The van der Waals surface area contributed by atoms with E-state index in [4.69, 9.17) is 32.7 Å². The van der Waals surface area contributed by atoms with Gasteiger partial charge in [0.2, 0.25) is 0 Å². The molecule has 0 fully saturated rings. The van der Waals surface area contributed by atoms with Crippen molar-refractivity contribution in [2.45, 2.75) is 6.54 Å². The molecule has 0 aliphatic rings. The molecule has 5 nitrogen and oxygen atoms in total. The number of hydrogen-bond acceptors (Lipinski definition) is 4. The zero-order valence-corrected chi connectivity index (χ0v) is 16.3. The Hall–Kier alpha value is -1.86. The van der Waals surface area contributed by atoms with Crippen LogP contribution in [0.5, 0.6) is 5.75 Å². The van der Waals surface area contributed by atoms with Crippen molar-refractivity contribution in [2.24, 2.45) is 4.99 Å². The molecule has 0 radical (unpaired) electrons. The maximum atomic E-state index is 12.3. The quantitative estimate of drug-likeness (QED) is 0.612. The van der Waals surface area contributed by atoms with Crippen LogP contribution in [-0.4, -0.2) is 30.8 Å². The minimum Gasteiger partial charge on any atom is -0.482 e. The molecule has 0 spiro atoms. The molecule has 3 aromatic rings. The molecule has 8 heteroatoms. The van der Waals surface area contributed by atoms with Crippen LogP contribution in [-0.2, 0) is 16.1 Å². The predicted octanol–water partition coefficient (Wildman–Crippen LogP) is 4.16. The van der Waals surface area contributed by atoms with Crippen molar-refractivity contribution >= 4 is 50.7 Å². The van der Waals surface area contributed by atoms with Gasteiger partial charge in [-0.1, -0.05) is 46.7 Å². The fourth-order valence-electron chi connectivity index (χ4n) is 2.38. The second kappa shape index (κ2) is 8.68. The van der Waals surface area contributed by atoms with Crippen LogP contribution < -0.4 is 9.54 Å². The summed E-state index contributed by atoms with van der Waals surface area (Å²) in [5.74, 6) is -0.00282. The highest BCUT2D eigenvalue weighted by atomic mass is 35.5.